The van der Waals surface area contributed by atoms with Crippen molar-refractivity contribution in [1.29, 1.82) is 5.26 Å². The van der Waals surface area contributed by atoms with Gasteiger partial charge >= 0.3 is 6.09 Å². The van der Waals surface area contributed by atoms with Crippen LogP contribution in [0, 0.1) is 24.1 Å². The average Bonchev–Trinajstić information content (AvgIpc) is 2.60. The molecule has 1 aromatic rings. The summed E-state index contributed by atoms with van der Waals surface area (Å²) < 4.78 is 19.2. The molecule has 1 aliphatic rings. The lowest BCUT2D eigenvalue weighted by Gasteiger charge is -2.41. The Kier molecular flexibility index (Phi) is 7.12. The zero-order chi connectivity index (χ0) is 20.2. The molecule has 1 aromatic carbocycles. The van der Waals surface area contributed by atoms with Crippen molar-refractivity contribution in [3.63, 3.8) is 0 Å². The predicted octanol–water partition coefficient (Wildman–Crippen LogP) is 3.40. The zero-order valence-electron chi connectivity index (χ0n) is 16.5. The molecule has 1 aliphatic heterocycles. The molecule has 0 radical (unpaired) electrons. The molecule has 0 spiro atoms. The van der Waals surface area contributed by atoms with E-state index in [1.54, 1.807) is 17.9 Å². The molecule has 2 rings (SSSR count). The summed E-state index contributed by atoms with van der Waals surface area (Å²) in [6, 6.07) is 5.18. The molecule has 1 heterocycles. The first kappa shape index (κ1) is 21.5. The number of hydrogen-bond donors (Lipinski definition) is 1. The van der Waals surface area contributed by atoms with Crippen LogP contribution in [0.1, 0.15) is 37.5 Å². The maximum Gasteiger partial charge on any atom is 0.410 e. The topological polar surface area (TPSA) is 56.6 Å². The monoisotopic (exact) mass is 393 g/mol. The van der Waals surface area contributed by atoms with Crippen LogP contribution in [0.25, 0.3) is 0 Å². The molecule has 0 aliphatic carbocycles. The molecule has 1 unspecified atom stereocenters. The largest absolute Gasteiger partial charge is 0.444 e. The van der Waals surface area contributed by atoms with Gasteiger partial charge in [0.1, 0.15) is 17.5 Å². The second kappa shape index (κ2) is 8.94. The second-order valence-electron chi connectivity index (χ2n) is 7.87. The smallest absolute Gasteiger partial charge is 0.410 e. The summed E-state index contributed by atoms with van der Waals surface area (Å²) in [4.78, 5) is 16.3. The van der Waals surface area contributed by atoms with Crippen molar-refractivity contribution in [2.45, 2.75) is 45.8 Å². The number of amides is 1. The Morgan fingerprint density at radius 1 is 1.41 bits per heavy atom. The summed E-state index contributed by atoms with van der Waals surface area (Å²) in [6.07, 6.45) is 0.430. The summed E-state index contributed by atoms with van der Waals surface area (Å²) in [6.45, 7) is 10.0. The van der Waals surface area contributed by atoms with Crippen molar-refractivity contribution in [2.24, 2.45) is 0 Å². The van der Waals surface area contributed by atoms with Gasteiger partial charge in [0.2, 0.25) is 0 Å². The van der Waals surface area contributed by atoms with Gasteiger partial charge in [0, 0.05) is 38.0 Å². The highest BCUT2D eigenvalue weighted by Crippen LogP contribution is 2.20. The Morgan fingerprint density at radius 2 is 2.11 bits per heavy atom. The van der Waals surface area contributed by atoms with Gasteiger partial charge in [-0.3, -0.25) is 4.90 Å². The molecule has 0 saturated carbocycles. The molecule has 1 fully saturated rings. The molecule has 0 N–H and O–H groups in total. The van der Waals surface area contributed by atoms with Crippen LogP contribution < -0.4 is 0 Å². The molecule has 1 atom stereocenters. The first-order chi connectivity index (χ1) is 12.7. The van der Waals surface area contributed by atoms with Crippen LogP contribution in [0.3, 0.4) is 0 Å². The van der Waals surface area contributed by atoms with Crippen LogP contribution in [0.5, 0.6) is 0 Å². The zero-order valence-corrected chi connectivity index (χ0v) is 17.4. The Hall–Kier alpha value is -1.78. The van der Waals surface area contributed by atoms with Gasteiger partial charge in [-0.25, -0.2) is 9.18 Å². The summed E-state index contributed by atoms with van der Waals surface area (Å²) in [5, 5.41) is 9.12. The maximum atomic E-state index is 13.7. The van der Waals surface area contributed by atoms with Crippen LogP contribution in [0.4, 0.5) is 9.18 Å². The molecule has 7 heteroatoms. The molecule has 1 saturated heterocycles. The molecular formula is C20H28FN3O2S. The van der Waals surface area contributed by atoms with Gasteiger partial charge in [-0.05, 0) is 51.3 Å². The van der Waals surface area contributed by atoms with Crippen molar-refractivity contribution in [2.75, 3.05) is 31.9 Å². The number of nitriles is 1. The highest BCUT2D eigenvalue weighted by Gasteiger charge is 2.31. The third-order valence-corrected chi connectivity index (χ3v) is 5.20. The number of rotatable bonds is 4. The van der Waals surface area contributed by atoms with Gasteiger partial charge in [-0.1, -0.05) is 6.07 Å². The molecule has 27 heavy (non-hydrogen) atoms. The van der Waals surface area contributed by atoms with E-state index in [-0.39, 0.29) is 17.7 Å². The minimum atomic E-state index is -0.511. The standard InChI is InChI=1S/C20H28FN3O2S/c1-14-15(5-6-18(21)17(14)11-22)7-8-23-9-10-24(12-16(23)13-27)19(25)26-20(2,3)4/h5-6,16,27H,7-10,12-13H2,1-4H3. The normalized spacial score (nSPS) is 18.3. The number of halogens is 1. The summed E-state index contributed by atoms with van der Waals surface area (Å²) in [5.74, 6) is 0.156. The fourth-order valence-corrected chi connectivity index (χ4v) is 3.59. The van der Waals surface area contributed by atoms with Gasteiger partial charge in [0.15, 0.2) is 0 Å². The van der Waals surface area contributed by atoms with Gasteiger partial charge < -0.3 is 9.64 Å². The van der Waals surface area contributed by atoms with E-state index in [2.05, 4.69) is 17.5 Å². The van der Waals surface area contributed by atoms with Crippen molar-refractivity contribution in [3.05, 3.63) is 34.6 Å². The third-order valence-electron chi connectivity index (χ3n) is 4.77. The van der Waals surface area contributed by atoms with Crippen molar-refractivity contribution >= 4 is 18.7 Å². The highest BCUT2D eigenvalue weighted by molar-refractivity contribution is 7.80. The number of carbonyl (C=O) groups excluding carboxylic acids is 1. The number of carbonyl (C=O) groups is 1. The third kappa shape index (κ3) is 5.60. The van der Waals surface area contributed by atoms with Crippen molar-refractivity contribution in [3.8, 4) is 6.07 Å². The van der Waals surface area contributed by atoms with Gasteiger partial charge in [0.25, 0.3) is 0 Å². The molecule has 0 bridgehead atoms. The lowest BCUT2D eigenvalue weighted by Crippen LogP contribution is -2.56. The molecular weight excluding hydrogens is 365 g/mol. The second-order valence-corrected chi connectivity index (χ2v) is 8.23. The summed E-state index contributed by atoms with van der Waals surface area (Å²) >= 11 is 4.45. The van der Waals surface area contributed by atoms with Gasteiger partial charge in [0.05, 0.1) is 5.56 Å². The number of benzene rings is 1. The van der Waals surface area contributed by atoms with E-state index in [0.717, 1.165) is 25.1 Å². The van der Waals surface area contributed by atoms with E-state index in [0.29, 0.717) is 24.4 Å². The predicted molar refractivity (Wildman–Crippen MR) is 107 cm³/mol. The van der Waals surface area contributed by atoms with E-state index in [1.807, 2.05) is 26.8 Å². The molecule has 0 aromatic heterocycles. The number of ether oxygens (including phenoxy) is 1. The fraction of sp³-hybridized carbons (Fsp3) is 0.600. The summed E-state index contributed by atoms with van der Waals surface area (Å²) in [5.41, 5.74) is 1.28. The summed E-state index contributed by atoms with van der Waals surface area (Å²) in [7, 11) is 0. The Morgan fingerprint density at radius 3 is 2.70 bits per heavy atom. The lowest BCUT2D eigenvalue weighted by atomic mass is 9.99. The Bertz CT molecular complexity index is 727. The maximum absolute atomic E-state index is 13.7. The first-order valence-corrected chi connectivity index (χ1v) is 9.80. The van der Waals surface area contributed by atoms with E-state index in [4.69, 9.17) is 10.00 Å². The SMILES string of the molecule is Cc1c(CCN2CCN(C(=O)OC(C)(C)C)CC2CS)ccc(F)c1C#N. The minimum Gasteiger partial charge on any atom is -0.444 e. The number of hydrogen-bond acceptors (Lipinski definition) is 5. The van der Waals surface area contributed by atoms with Crippen LogP contribution in [-0.2, 0) is 11.2 Å². The van der Waals surface area contributed by atoms with Crippen LogP contribution >= 0.6 is 12.6 Å². The number of nitrogens with zero attached hydrogens (tertiary/aromatic N) is 3. The first-order valence-electron chi connectivity index (χ1n) is 9.17. The van der Waals surface area contributed by atoms with E-state index in [9.17, 15) is 9.18 Å². The number of thiol groups is 1. The van der Waals surface area contributed by atoms with E-state index >= 15 is 0 Å². The molecule has 5 nitrogen and oxygen atoms in total. The van der Waals surface area contributed by atoms with Crippen molar-refractivity contribution < 1.29 is 13.9 Å². The highest BCUT2D eigenvalue weighted by atomic mass is 32.1. The Balaban J connectivity index is 1.99. The van der Waals surface area contributed by atoms with Gasteiger partial charge in [-0.15, -0.1) is 0 Å². The quantitative estimate of drug-likeness (QED) is 0.797. The van der Waals surface area contributed by atoms with Crippen LogP contribution in [0.2, 0.25) is 0 Å². The minimum absolute atomic E-state index is 0.119. The van der Waals surface area contributed by atoms with E-state index in [1.165, 1.54) is 6.07 Å². The van der Waals surface area contributed by atoms with E-state index < -0.39 is 11.4 Å². The average molecular weight is 394 g/mol. The molecule has 1 amide bonds. The molecule has 148 valence electrons. The van der Waals surface area contributed by atoms with Crippen LogP contribution in [-0.4, -0.2) is 59.5 Å². The van der Waals surface area contributed by atoms with Crippen molar-refractivity contribution in [1.82, 2.24) is 9.80 Å². The van der Waals surface area contributed by atoms with Crippen LogP contribution in [0.15, 0.2) is 12.1 Å². The van der Waals surface area contributed by atoms with Gasteiger partial charge in [-0.2, -0.15) is 17.9 Å². The Labute approximate surface area is 166 Å². The lowest BCUT2D eigenvalue weighted by molar-refractivity contribution is 0.00653. The fourth-order valence-electron chi connectivity index (χ4n) is 3.25. The number of piperazine rings is 1.